The number of nitrogens with zero attached hydrogens (tertiary/aromatic N) is 1. The van der Waals surface area contributed by atoms with Crippen LogP contribution in [0.2, 0.25) is 0 Å². The molecular formula is C15H9Br2N. The molecule has 0 spiro atoms. The van der Waals surface area contributed by atoms with Crippen LogP contribution in [0.25, 0.3) is 5.57 Å². The Kier molecular flexibility index (Phi) is 3.01. The van der Waals surface area contributed by atoms with Crippen LogP contribution in [0.1, 0.15) is 11.1 Å². The molecule has 0 N–H and O–H groups in total. The topological polar surface area (TPSA) is 23.8 Å². The number of hydrogen-bond donors (Lipinski definition) is 0. The van der Waals surface area contributed by atoms with Crippen molar-refractivity contribution >= 4 is 37.4 Å². The van der Waals surface area contributed by atoms with Gasteiger partial charge in [0.2, 0.25) is 0 Å². The summed E-state index contributed by atoms with van der Waals surface area (Å²) in [4.78, 5) is 0. The molecule has 0 radical (unpaired) electrons. The number of hydrogen-bond acceptors (Lipinski definition) is 1. The highest BCUT2D eigenvalue weighted by Crippen LogP contribution is 2.45. The summed E-state index contributed by atoms with van der Waals surface area (Å²) in [5.41, 5.74) is 4.85. The van der Waals surface area contributed by atoms with Crippen LogP contribution in [0.4, 0.5) is 0 Å². The first-order chi connectivity index (χ1) is 8.72. The van der Waals surface area contributed by atoms with Crippen molar-refractivity contribution in [3.8, 4) is 6.07 Å². The van der Waals surface area contributed by atoms with Gasteiger partial charge in [-0.05, 0) is 50.7 Å². The SMILES string of the molecule is N#CC1C2=CCc3ccccc3C2=CC(Br)=C1Br. The van der Waals surface area contributed by atoms with Crippen LogP contribution in [-0.2, 0) is 6.42 Å². The van der Waals surface area contributed by atoms with Gasteiger partial charge in [-0.2, -0.15) is 5.26 Å². The van der Waals surface area contributed by atoms with Gasteiger partial charge in [-0.15, -0.1) is 0 Å². The fraction of sp³-hybridized carbons (Fsp3) is 0.133. The standard InChI is InChI=1S/C15H9Br2N/c16-14-7-12-10-4-2-1-3-9(10)5-6-11(12)13(8-18)15(14)17/h1-4,6-7,13H,5H2. The first-order valence-electron chi connectivity index (χ1n) is 5.67. The predicted octanol–water partition coefficient (Wildman–Crippen LogP) is 4.71. The van der Waals surface area contributed by atoms with E-state index in [0.29, 0.717) is 0 Å². The smallest absolute Gasteiger partial charge is 0.104 e. The predicted molar refractivity (Wildman–Crippen MR) is 80.2 cm³/mol. The minimum Gasteiger partial charge on any atom is -0.197 e. The van der Waals surface area contributed by atoms with E-state index in [-0.39, 0.29) is 5.92 Å². The third-order valence-electron chi connectivity index (χ3n) is 3.35. The summed E-state index contributed by atoms with van der Waals surface area (Å²) in [5, 5.41) is 9.36. The van der Waals surface area contributed by atoms with Crippen molar-refractivity contribution in [2.24, 2.45) is 5.92 Å². The summed E-state index contributed by atoms with van der Waals surface area (Å²) in [6, 6.07) is 10.7. The zero-order chi connectivity index (χ0) is 12.7. The van der Waals surface area contributed by atoms with Crippen molar-refractivity contribution in [3.63, 3.8) is 0 Å². The summed E-state index contributed by atoms with van der Waals surface area (Å²) in [5.74, 6) is -0.201. The molecule has 1 aromatic rings. The maximum absolute atomic E-state index is 9.36. The number of halogens is 2. The van der Waals surface area contributed by atoms with Crippen LogP contribution in [0.3, 0.4) is 0 Å². The summed E-state index contributed by atoms with van der Waals surface area (Å²) in [7, 11) is 0. The molecule has 1 nitrogen and oxygen atoms in total. The lowest BCUT2D eigenvalue weighted by Gasteiger charge is -2.27. The van der Waals surface area contributed by atoms with Gasteiger partial charge in [-0.3, -0.25) is 0 Å². The number of nitriles is 1. The summed E-state index contributed by atoms with van der Waals surface area (Å²) < 4.78 is 1.87. The highest BCUT2D eigenvalue weighted by Gasteiger charge is 2.29. The van der Waals surface area contributed by atoms with Gasteiger partial charge in [-0.1, -0.05) is 46.3 Å². The second-order valence-corrected chi connectivity index (χ2v) is 6.05. The highest BCUT2D eigenvalue weighted by molar-refractivity contribution is 9.14. The van der Waals surface area contributed by atoms with Crippen molar-refractivity contribution in [2.75, 3.05) is 0 Å². The molecule has 1 aromatic carbocycles. The van der Waals surface area contributed by atoms with Crippen molar-refractivity contribution in [2.45, 2.75) is 6.42 Å². The van der Waals surface area contributed by atoms with Gasteiger partial charge in [0, 0.05) is 8.96 Å². The van der Waals surface area contributed by atoms with Crippen LogP contribution in [0.15, 0.2) is 51.0 Å². The molecule has 0 saturated carbocycles. The Morgan fingerprint density at radius 3 is 2.78 bits per heavy atom. The van der Waals surface area contributed by atoms with Crippen molar-refractivity contribution < 1.29 is 0 Å². The van der Waals surface area contributed by atoms with Crippen LogP contribution in [-0.4, -0.2) is 0 Å². The van der Waals surface area contributed by atoms with E-state index in [4.69, 9.17) is 0 Å². The monoisotopic (exact) mass is 361 g/mol. The molecule has 18 heavy (non-hydrogen) atoms. The van der Waals surface area contributed by atoms with E-state index in [0.717, 1.165) is 21.0 Å². The molecule has 0 fully saturated rings. The second-order valence-electron chi connectivity index (χ2n) is 4.34. The van der Waals surface area contributed by atoms with Crippen LogP contribution in [0.5, 0.6) is 0 Å². The van der Waals surface area contributed by atoms with Gasteiger partial charge in [0.15, 0.2) is 0 Å². The van der Waals surface area contributed by atoms with Gasteiger partial charge < -0.3 is 0 Å². The van der Waals surface area contributed by atoms with Crippen LogP contribution < -0.4 is 0 Å². The lowest BCUT2D eigenvalue weighted by atomic mass is 9.79. The normalized spacial score (nSPS) is 21.5. The van der Waals surface area contributed by atoms with E-state index in [1.165, 1.54) is 16.7 Å². The Labute approximate surface area is 123 Å². The molecule has 0 aliphatic heterocycles. The van der Waals surface area contributed by atoms with E-state index in [1.807, 2.05) is 6.07 Å². The van der Waals surface area contributed by atoms with E-state index < -0.39 is 0 Å². The van der Waals surface area contributed by atoms with E-state index >= 15 is 0 Å². The molecule has 2 aliphatic rings. The molecule has 1 atom stereocenters. The number of allylic oxidation sites excluding steroid dienone is 6. The number of benzene rings is 1. The lowest BCUT2D eigenvalue weighted by Crippen LogP contribution is -2.13. The summed E-state index contributed by atoms with van der Waals surface area (Å²) >= 11 is 7.03. The molecule has 3 rings (SSSR count). The zero-order valence-corrected chi connectivity index (χ0v) is 12.6. The molecule has 0 amide bonds. The Morgan fingerprint density at radius 1 is 1.22 bits per heavy atom. The average Bonchev–Trinajstić information content (AvgIpc) is 2.40. The molecule has 0 heterocycles. The Balaban J connectivity index is 2.24. The second kappa shape index (κ2) is 4.53. The molecule has 0 bridgehead atoms. The van der Waals surface area contributed by atoms with E-state index in [1.54, 1.807) is 0 Å². The van der Waals surface area contributed by atoms with Gasteiger partial charge in [0.05, 0.1) is 6.07 Å². The van der Waals surface area contributed by atoms with Gasteiger partial charge in [-0.25, -0.2) is 0 Å². The number of rotatable bonds is 0. The Bertz CT molecular complexity index is 659. The molecule has 2 aliphatic carbocycles. The van der Waals surface area contributed by atoms with Gasteiger partial charge in [0.25, 0.3) is 0 Å². The molecule has 0 saturated heterocycles. The molecule has 3 heteroatoms. The molecular weight excluding hydrogens is 354 g/mol. The zero-order valence-electron chi connectivity index (χ0n) is 9.45. The van der Waals surface area contributed by atoms with Gasteiger partial charge in [0.1, 0.15) is 5.92 Å². The first kappa shape index (κ1) is 12.0. The van der Waals surface area contributed by atoms with Crippen molar-refractivity contribution in [1.82, 2.24) is 0 Å². The fourth-order valence-electron chi connectivity index (χ4n) is 2.48. The highest BCUT2D eigenvalue weighted by atomic mass is 79.9. The first-order valence-corrected chi connectivity index (χ1v) is 7.26. The van der Waals surface area contributed by atoms with Crippen LogP contribution in [0, 0.1) is 17.2 Å². The molecule has 0 aromatic heterocycles. The molecule has 88 valence electrons. The minimum atomic E-state index is -0.201. The quantitative estimate of drug-likeness (QED) is 0.655. The maximum atomic E-state index is 9.36. The van der Waals surface area contributed by atoms with Gasteiger partial charge >= 0.3 is 0 Å². The van der Waals surface area contributed by atoms with E-state index in [2.05, 4.69) is 68.3 Å². The summed E-state index contributed by atoms with van der Waals surface area (Å²) in [6.45, 7) is 0. The molecule has 1 unspecified atom stereocenters. The Morgan fingerprint density at radius 2 is 2.00 bits per heavy atom. The largest absolute Gasteiger partial charge is 0.197 e. The minimum absolute atomic E-state index is 0.201. The van der Waals surface area contributed by atoms with E-state index in [9.17, 15) is 5.26 Å². The Hall–Kier alpha value is -1.11. The summed E-state index contributed by atoms with van der Waals surface area (Å²) in [6.07, 6.45) is 5.17. The third-order valence-corrected chi connectivity index (χ3v) is 5.43. The lowest BCUT2D eigenvalue weighted by molar-refractivity contribution is 0.971. The van der Waals surface area contributed by atoms with Crippen molar-refractivity contribution in [1.29, 1.82) is 5.26 Å². The maximum Gasteiger partial charge on any atom is 0.104 e. The third kappa shape index (κ3) is 1.72. The van der Waals surface area contributed by atoms with Crippen LogP contribution >= 0.6 is 31.9 Å². The number of fused-ring (bicyclic) bond motifs is 3. The fourth-order valence-corrected chi connectivity index (χ4v) is 3.40. The van der Waals surface area contributed by atoms with Crippen molar-refractivity contribution in [3.05, 3.63) is 62.1 Å². The average molecular weight is 363 g/mol.